The summed E-state index contributed by atoms with van der Waals surface area (Å²) in [6.45, 7) is 11.7. The SMILES string of the molecule is CCC(C)C(=O)OCCn1c2ccccc2c2cc(C(C)(C)C)ccc21. The van der Waals surface area contributed by atoms with Crippen LogP contribution in [0.1, 0.15) is 46.6 Å². The van der Waals surface area contributed by atoms with Gasteiger partial charge < -0.3 is 9.30 Å². The Hall–Kier alpha value is -2.29. The quantitative estimate of drug-likeness (QED) is 0.554. The van der Waals surface area contributed by atoms with Gasteiger partial charge in [0.05, 0.1) is 12.5 Å². The fourth-order valence-corrected chi connectivity index (χ4v) is 3.31. The van der Waals surface area contributed by atoms with E-state index in [1.165, 1.54) is 27.4 Å². The molecule has 1 unspecified atom stereocenters. The first-order chi connectivity index (χ1) is 12.3. The first-order valence-electron chi connectivity index (χ1n) is 9.51. The highest BCUT2D eigenvalue weighted by atomic mass is 16.5. The minimum atomic E-state index is -0.108. The molecule has 0 N–H and O–H groups in total. The second-order valence-corrected chi connectivity index (χ2v) is 8.13. The Kier molecular flexibility index (Phi) is 5.08. The number of rotatable bonds is 5. The van der Waals surface area contributed by atoms with Crippen LogP contribution in [-0.2, 0) is 21.5 Å². The normalized spacial score (nSPS) is 13.3. The Morgan fingerprint density at radius 3 is 2.46 bits per heavy atom. The number of esters is 1. The molecule has 138 valence electrons. The molecule has 0 aliphatic rings. The van der Waals surface area contributed by atoms with E-state index in [0.29, 0.717) is 13.2 Å². The van der Waals surface area contributed by atoms with Crippen LogP contribution >= 0.6 is 0 Å². The predicted molar refractivity (Wildman–Crippen MR) is 109 cm³/mol. The molecule has 3 aromatic rings. The van der Waals surface area contributed by atoms with E-state index < -0.39 is 0 Å². The van der Waals surface area contributed by atoms with Gasteiger partial charge in [0.25, 0.3) is 0 Å². The molecule has 0 bridgehead atoms. The van der Waals surface area contributed by atoms with Gasteiger partial charge in [-0.15, -0.1) is 0 Å². The summed E-state index contributed by atoms with van der Waals surface area (Å²) in [5.74, 6) is -0.147. The second-order valence-electron chi connectivity index (χ2n) is 8.13. The van der Waals surface area contributed by atoms with Gasteiger partial charge in [-0.25, -0.2) is 0 Å². The van der Waals surface area contributed by atoms with Crippen LogP contribution in [0.25, 0.3) is 21.8 Å². The van der Waals surface area contributed by atoms with E-state index in [1.54, 1.807) is 0 Å². The minimum Gasteiger partial charge on any atom is -0.464 e. The summed E-state index contributed by atoms with van der Waals surface area (Å²) >= 11 is 0. The van der Waals surface area contributed by atoms with Crippen LogP contribution in [0, 0.1) is 5.92 Å². The number of nitrogens with zero attached hydrogens (tertiary/aromatic N) is 1. The fourth-order valence-electron chi connectivity index (χ4n) is 3.31. The molecule has 3 nitrogen and oxygen atoms in total. The third-order valence-corrected chi connectivity index (χ3v) is 5.21. The van der Waals surface area contributed by atoms with Crippen molar-refractivity contribution in [2.45, 2.75) is 53.0 Å². The highest BCUT2D eigenvalue weighted by molar-refractivity contribution is 6.08. The van der Waals surface area contributed by atoms with Gasteiger partial charge in [0.15, 0.2) is 0 Å². The summed E-state index contributed by atoms with van der Waals surface area (Å²) in [4.78, 5) is 12.0. The Labute approximate surface area is 156 Å². The van der Waals surface area contributed by atoms with Crippen LogP contribution in [-0.4, -0.2) is 17.1 Å². The maximum absolute atomic E-state index is 12.0. The monoisotopic (exact) mass is 351 g/mol. The fraction of sp³-hybridized carbons (Fsp3) is 0.435. The van der Waals surface area contributed by atoms with Crippen LogP contribution in [0.15, 0.2) is 42.5 Å². The molecule has 0 aliphatic carbocycles. The molecule has 0 fully saturated rings. The molecule has 0 spiro atoms. The smallest absolute Gasteiger partial charge is 0.308 e. The number of aromatic nitrogens is 1. The van der Waals surface area contributed by atoms with Crippen molar-refractivity contribution in [3.8, 4) is 0 Å². The summed E-state index contributed by atoms with van der Waals surface area (Å²) in [7, 11) is 0. The zero-order valence-electron chi connectivity index (χ0n) is 16.5. The molecule has 0 amide bonds. The standard InChI is InChI=1S/C23H29NO2/c1-6-16(2)22(25)26-14-13-24-20-10-8-7-9-18(20)19-15-17(23(3,4)5)11-12-21(19)24/h7-12,15-16H,6,13-14H2,1-5H3. The van der Waals surface area contributed by atoms with Crippen LogP contribution < -0.4 is 0 Å². The molecule has 0 aliphatic heterocycles. The van der Waals surface area contributed by atoms with Gasteiger partial charge in [-0.3, -0.25) is 4.79 Å². The number of carbonyl (C=O) groups excluding carboxylic acids is 1. The van der Waals surface area contributed by atoms with E-state index in [-0.39, 0.29) is 17.3 Å². The van der Waals surface area contributed by atoms with Gasteiger partial charge in [-0.2, -0.15) is 0 Å². The van der Waals surface area contributed by atoms with Crippen LogP contribution in [0.5, 0.6) is 0 Å². The van der Waals surface area contributed by atoms with E-state index >= 15 is 0 Å². The minimum absolute atomic E-state index is 0.0394. The topological polar surface area (TPSA) is 31.2 Å². The third-order valence-electron chi connectivity index (χ3n) is 5.21. The molecule has 2 aromatic carbocycles. The summed E-state index contributed by atoms with van der Waals surface area (Å²) in [6, 6.07) is 15.2. The number of hydrogen-bond donors (Lipinski definition) is 0. The molecule has 1 heterocycles. The lowest BCUT2D eigenvalue weighted by Crippen LogP contribution is -2.17. The van der Waals surface area contributed by atoms with Crippen molar-refractivity contribution in [1.82, 2.24) is 4.57 Å². The molecule has 3 heteroatoms. The van der Waals surface area contributed by atoms with E-state index in [1.807, 2.05) is 13.8 Å². The molecule has 0 radical (unpaired) electrons. The Bertz CT molecular complexity index is 930. The molecule has 26 heavy (non-hydrogen) atoms. The van der Waals surface area contributed by atoms with Crippen LogP contribution in [0.2, 0.25) is 0 Å². The van der Waals surface area contributed by atoms with Crippen molar-refractivity contribution in [3.63, 3.8) is 0 Å². The lowest BCUT2D eigenvalue weighted by atomic mass is 9.86. The van der Waals surface area contributed by atoms with Crippen LogP contribution in [0.4, 0.5) is 0 Å². The highest BCUT2D eigenvalue weighted by Crippen LogP contribution is 2.33. The van der Waals surface area contributed by atoms with Gasteiger partial charge in [0.1, 0.15) is 6.61 Å². The molecule has 1 atom stereocenters. The zero-order valence-corrected chi connectivity index (χ0v) is 16.5. The van der Waals surface area contributed by atoms with Gasteiger partial charge in [-0.05, 0) is 35.6 Å². The molecule has 0 saturated carbocycles. The largest absolute Gasteiger partial charge is 0.464 e. The number of benzene rings is 2. The van der Waals surface area contributed by atoms with E-state index in [9.17, 15) is 4.79 Å². The lowest BCUT2D eigenvalue weighted by molar-refractivity contribution is -0.148. The van der Waals surface area contributed by atoms with Crippen molar-refractivity contribution in [2.75, 3.05) is 6.61 Å². The molecule has 0 saturated heterocycles. The molecule has 1 aromatic heterocycles. The maximum Gasteiger partial charge on any atom is 0.308 e. The molecular formula is C23H29NO2. The lowest BCUT2D eigenvalue weighted by Gasteiger charge is -2.19. The summed E-state index contributed by atoms with van der Waals surface area (Å²) in [6.07, 6.45) is 0.809. The molecular weight excluding hydrogens is 322 g/mol. The zero-order chi connectivity index (χ0) is 18.9. The van der Waals surface area contributed by atoms with Crippen molar-refractivity contribution in [2.24, 2.45) is 5.92 Å². The van der Waals surface area contributed by atoms with E-state index in [2.05, 4.69) is 67.8 Å². The number of carbonyl (C=O) groups is 1. The average molecular weight is 351 g/mol. The van der Waals surface area contributed by atoms with Crippen LogP contribution in [0.3, 0.4) is 0 Å². The summed E-state index contributed by atoms with van der Waals surface area (Å²) in [5, 5.41) is 2.52. The van der Waals surface area contributed by atoms with Gasteiger partial charge >= 0.3 is 5.97 Å². The second kappa shape index (κ2) is 7.14. The highest BCUT2D eigenvalue weighted by Gasteiger charge is 2.17. The summed E-state index contributed by atoms with van der Waals surface area (Å²) in [5.41, 5.74) is 3.83. The van der Waals surface area contributed by atoms with Crippen molar-refractivity contribution in [1.29, 1.82) is 0 Å². The van der Waals surface area contributed by atoms with E-state index in [4.69, 9.17) is 4.74 Å². The third kappa shape index (κ3) is 3.48. The first kappa shape index (κ1) is 18.5. The van der Waals surface area contributed by atoms with Crippen molar-refractivity contribution < 1.29 is 9.53 Å². The van der Waals surface area contributed by atoms with Gasteiger partial charge in [0, 0.05) is 21.8 Å². The molecule has 3 rings (SSSR count). The first-order valence-corrected chi connectivity index (χ1v) is 9.51. The predicted octanol–water partition coefficient (Wildman–Crippen LogP) is 5.68. The Morgan fingerprint density at radius 2 is 1.77 bits per heavy atom. The number of hydrogen-bond acceptors (Lipinski definition) is 2. The van der Waals surface area contributed by atoms with Crippen molar-refractivity contribution in [3.05, 3.63) is 48.0 Å². The number of fused-ring (bicyclic) bond motifs is 3. The van der Waals surface area contributed by atoms with Gasteiger partial charge in [-0.1, -0.05) is 58.9 Å². The van der Waals surface area contributed by atoms with Gasteiger partial charge in [0.2, 0.25) is 0 Å². The number of ether oxygens (including phenoxy) is 1. The Balaban J connectivity index is 1.97. The Morgan fingerprint density at radius 1 is 1.08 bits per heavy atom. The number of para-hydroxylation sites is 1. The van der Waals surface area contributed by atoms with E-state index in [0.717, 1.165) is 6.42 Å². The summed E-state index contributed by atoms with van der Waals surface area (Å²) < 4.78 is 7.75. The van der Waals surface area contributed by atoms with Crippen molar-refractivity contribution >= 4 is 27.8 Å². The average Bonchev–Trinajstić information content (AvgIpc) is 2.94. The maximum atomic E-state index is 12.0.